The third-order valence-corrected chi connectivity index (χ3v) is 7.08. The van der Waals surface area contributed by atoms with Gasteiger partial charge in [-0.3, -0.25) is 4.79 Å². The van der Waals surface area contributed by atoms with Crippen molar-refractivity contribution in [3.05, 3.63) is 77.4 Å². The van der Waals surface area contributed by atoms with E-state index in [9.17, 15) is 9.59 Å². The lowest BCUT2D eigenvalue weighted by Crippen LogP contribution is -2.30. The van der Waals surface area contributed by atoms with Crippen LogP contribution in [0.5, 0.6) is 0 Å². The Kier molecular flexibility index (Phi) is 9.72. The van der Waals surface area contributed by atoms with Crippen LogP contribution in [0.3, 0.4) is 0 Å². The van der Waals surface area contributed by atoms with E-state index in [4.69, 9.17) is 4.74 Å². The van der Waals surface area contributed by atoms with E-state index in [-0.39, 0.29) is 17.3 Å². The monoisotopic (exact) mass is 563 g/mol. The molecule has 0 bridgehead atoms. The van der Waals surface area contributed by atoms with Gasteiger partial charge < -0.3 is 9.64 Å². The number of esters is 1. The molecule has 1 amide bonds. The van der Waals surface area contributed by atoms with Crippen molar-refractivity contribution in [1.29, 1.82) is 0 Å². The second-order valence-corrected chi connectivity index (χ2v) is 11.0. The minimum absolute atomic E-state index is 0.0482. The van der Waals surface area contributed by atoms with E-state index >= 15 is 0 Å². The second kappa shape index (κ2) is 12.6. The Morgan fingerprint density at radius 2 is 1.54 bits per heavy atom. The lowest BCUT2D eigenvalue weighted by Gasteiger charge is -2.30. The van der Waals surface area contributed by atoms with E-state index in [0.29, 0.717) is 18.7 Å². The molecule has 0 atom stereocenters. The van der Waals surface area contributed by atoms with Gasteiger partial charge in [0.15, 0.2) is 0 Å². The summed E-state index contributed by atoms with van der Waals surface area (Å²) in [6.07, 6.45) is 2.00. The van der Waals surface area contributed by atoms with E-state index in [1.165, 1.54) is 11.1 Å². The van der Waals surface area contributed by atoms with Gasteiger partial charge in [-0.1, -0.05) is 67.0 Å². The van der Waals surface area contributed by atoms with Crippen molar-refractivity contribution in [1.82, 2.24) is 0 Å². The number of halogens is 1. The molecule has 0 aliphatic heterocycles. The number of hydrogen-bond acceptors (Lipinski definition) is 3. The number of amides is 1. The SMILES string of the molecule is CCOC(=O)c1ccc(-c2ccc(CCCBr)c(-c3ccc(N(CC)C(C)=O)c(C(C)(C)C)c3)c2)cc1. The molecule has 3 aromatic carbocycles. The highest BCUT2D eigenvalue weighted by Crippen LogP contribution is 2.38. The summed E-state index contributed by atoms with van der Waals surface area (Å²) in [7, 11) is 0. The van der Waals surface area contributed by atoms with Crippen molar-refractivity contribution in [2.45, 2.75) is 59.8 Å². The smallest absolute Gasteiger partial charge is 0.338 e. The number of nitrogens with zero attached hydrogens (tertiary/aromatic N) is 1. The average molecular weight is 565 g/mol. The van der Waals surface area contributed by atoms with Crippen LogP contribution in [0.4, 0.5) is 5.69 Å². The highest BCUT2D eigenvalue weighted by Gasteiger charge is 2.24. The predicted octanol–water partition coefficient (Wildman–Crippen LogP) is 8.20. The lowest BCUT2D eigenvalue weighted by molar-refractivity contribution is -0.116. The Bertz CT molecular complexity index is 1240. The van der Waals surface area contributed by atoms with E-state index in [1.807, 2.05) is 43.0 Å². The second-order valence-electron chi connectivity index (χ2n) is 10.2. The third kappa shape index (κ3) is 6.89. The topological polar surface area (TPSA) is 46.6 Å². The van der Waals surface area contributed by atoms with E-state index in [2.05, 4.69) is 73.1 Å². The first-order valence-corrected chi connectivity index (χ1v) is 14.1. The summed E-state index contributed by atoms with van der Waals surface area (Å²) in [6.45, 7) is 13.0. The largest absolute Gasteiger partial charge is 0.462 e. The highest BCUT2D eigenvalue weighted by atomic mass is 79.9. The first-order valence-electron chi connectivity index (χ1n) is 13.0. The van der Waals surface area contributed by atoms with Crippen molar-refractivity contribution in [2.75, 3.05) is 23.4 Å². The van der Waals surface area contributed by atoms with Crippen LogP contribution in [0.25, 0.3) is 22.3 Å². The lowest BCUT2D eigenvalue weighted by atomic mass is 9.82. The maximum Gasteiger partial charge on any atom is 0.338 e. The molecule has 0 fully saturated rings. The highest BCUT2D eigenvalue weighted by molar-refractivity contribution is 9.09. The summed E-state index contributed by atoms with van der Waals surface area (Å²) in [5, 5.41) is 0.944. The minimum atomic E-state index is -0.304. The van der Waals surface area contributed by atoms with Gasteiger partial charge in [-0.2, -0.15) is 0 Å². The normalized spacial score (nSPS) is 11.3. The van der Waals surface area contributed by atoms with E-state index in [1.54, 1.807) is 6.92 Å². The maximum atomic E-state index is 12.4. The Morgan fingerprint density at radius 3 is 2.11 bits per heavy atom. The molecule has 196 valence electrons. The zero-order chi connectivity index (χ0) is 27.2. The van der Waals surface area contributed by atoms with Crippen LogP contribution < -0.4 is 4.90 Å². The summed E-state index contributed by atoms with van der Waals surface area (Å²) in [4.78, 5) is 26.3. The molecule has 3 rings (SSSR count). The molecule has 0 saturated carbocycles. The van der Waals surface area contributed by atoms with E-state index in [0.717, 1.165) is 46.1 Å². The van der Waals surface area contributed by atoms with Gasteiger partial charge in [0.05, 0.1) is 12.2 Å². The van der Waals surface area contributed by atoms with Gasteiger partial charge in [-0.15, -0.1) is 0 Å². The molecule has 4 nitrogen and oxygen atoms in total. The number of rotatable bonds is 9. The Hall–Kier alpha value is -2.92. The summed E-state index contributed by atoms with van der Waals surface area (Å²) in [5.74, 6) is -0.256. The predicted molar refractivity (Wildman–Crippen MR) is 158 cm³/mol. The fraction of sp³-hybridized carbons (Fsp3) is 0.375. The molecule has 0 aromatic heterocycles. The fourth-order valence-corrected chi connectivity index (χ4v) is 4.90. The number of anilines is 1. The van der Waals surface area contributed by atoms with E-state index < -0.39 is 0 Å². The summed E-state index contributed by atoms with van der Waals surface area (Å²) in [5.41, 5.74) is 8.30. The summed E-state index contributed by atoms with van der Waals surface area (Å²) < 4.78 is 5.12. The molecule has 0 spiro atoms. The van der Waals surface area contributed by atoms with Crippen LogP contribution >= 0.6 is 15.9 Å². The number of hydrogen-bond donors (Lipinski definition) is 0. The summed E-state index contributed by atoms with van der Waals surface area (Å²) >= 11 is 3.58. The standard InChI is InChI=1S/C32H38BrNO3/c1-7-34(22(3)35)30-18-17-27(21-29(30)32(4,5)6)28-20-26(16-13-24(28)10-9-19-33)23-11-14-25(15-12-23)31(36)37-8-2/h11-18,20-21H,7-10,19H2,1-6H3. The van der Waals surface area contributed by atoms with Gasteiger partial charge >= 0.3 is 5.97 Å². The first kappa shape index (κ1) is 28.6. The molecule has 0 aliphatic carbocycles. The van der Waals surface area contributed by atoms with Crippen molar-refractivity contribution >= 4 is 33.5 Å². The number of carbonyl (C=O) groups excluding carboxylic acids is 2. The van der Waals surface area contributed by atoms with Crippen LogP contribution in [0, 0.1) is 0 Å². The Morgan fingerprint density at radius 1 is 0.892 bits per heavy atom. The molecule has 5 heteroatoms. The third-order valence-electron chi connectivity index (χ3n) is 6.52. The molecule has 0 radical (unpaired) electrons. The first-order chi connectivity index (χ1) is 17.6. The maximum absolute atomic E-state index is 12.4. The summed E-state index contributed by atoms with van der Waals surface area (Å²) in [6, 6.07) is 20.7. The molecule has 0 aliphatic rings. The van der Waals surface area contributed by atoms with Gasteiger partial charge in [0, 0.05) is 24.5 Å². The zero-order valence-corrected chi connectivity index (χ0v) is 24.4. The van der Waals surface area contributed by atoms with Crippen molar-refractivity contribution in [3.63, 3.8) is 0 Å². The van der Waals surface area contributed by atoms with Gasteiger partial charge in [-0.05, 0) is 95.8 Å². The number of carbonyl (C=O) groups is 2. The van der Waals surface area contributed by atoms with Gasteiger partial charge in [0.2, 0.25) is 5.91 Å². The Balaban J connectivity index is 2.13. The van der Waals surface area contributed by atoms with Crippen LogP contribution in [-0.2, 0) is 21.4 Å². The molecular formula is C32H38BrNO3. The Labute approximate surface area is 230 Å². The number of benzene rings is 3. The zero-order valence-electron chi connectivity index (χ0n) is 22.9. The van der Waals surface area contributed by atoms with Crippen LogP contribution in [0.2, 0.25) is 0 Å². The van der Waals surface area contributed by atoms with Crippen molar-refractivity contribution < 1.29 is 14.3 Å². The van der Waals surface area contributed by atoms with Gasteiger partial charge in [0.25, 0.3) is 0 Å². The molecule has 0 heterocycles. The molecule has 37 heavy (non-hydrogen) atoms. The fourth-order valence-electron chi connectivity index (χ4n) is 4.62. The van der Waals surface area contributed by atoms with Crippen molar-refractivity contribution in [3.8, 4) is 22.3 Å². The molecular weight excluding hydrogens is 526 g/mol. The van der Waals surface area contributed by atoms with Gasteiger partial charge in [-0.25, -0.2) is 4.79 Å². The number of alkyl halides is 1. The van der Waals surface area contributed by atoms with Crippen LogP contribution in [0.15, 0.2) is 60.7 Å². The quantitative estimate of drug-likeness (QED) is 0.194. The molecule has 0 N–H and O–H groups in total. The van der Waals surface area contributed by atoms with Crippen molar-refractivity contribution in [2.24, 2.45) is 0 Å². The van der Waals surface area contributed by atoms with Crippen LogP contribution in [0.1, 0.15) is 69.4 Å². The minimum Gasteiger partial charge on any atom is -0.462 e. The molecule has 0 saturated heterocycles. The molecule has 3 aromatic rings. The van der Waals surface area contributed by atoms with Crippen LogP contribution in [-0.4, -0.2) is 30.4 Å². The molecule has 0 unspecified atom stereocenters. The number of aryl methyl sites for hydroxylation is 1. The number of ether oxygens (including phenoxy) is 1. The van der Waals surface area contributed by atoms with Gasteiger partial charge in [0.1, 0.15) is 0 Å². The average Bonchev–Trinajstić information content (AvgIpc) is 2.87.